The minimum absolute atomic E-state index is 0.0407. The summed E-state index contributed by atoms with van der Waals surface area (Å²) in [7, 11) is 0. The number of carbonyl (C=O) groups is 1. The van der Waals surface area contributed by atoms with Crippen LogP contribution in [0.2, 0.25) is 0 Å². The fourth-order valence-electron chi connectivity index (χ4n) is 1.79. The van der Waals surface area contributed by atoms with Crippen molar-refractivity contribution in [3.8, 4) is 0 Å². The summed E-state index contributed by atoms with van der Waals surface area (Å²) in [4.78, 5) is 10.9. The maximum absolute atomic E-state index is 10.9. The van der Waals surface area contributed by atoms with Gasteiger partial charge in [-0.3, -0.25) is 4.79 Å². The molecule has 0 aliphatic heterocycles. The lowest BCUT2D eigenvalue weighted by Gasteiger charge is -2.16. The molecule has 0 aliphatic rings. The second-order valence-electron chi connectivity index (χ2n) is 5.28. The quantitative estimate of drug-likeness (QED) is 0.802. The van der Waals surface area contributed by atoms with Gasteiger partial charge in [-0.05, 0) is 49.9 Å². The Hall–Kier alpha value is -1.51. The Labute approximate surface area is 110 Å². The molecule has 0 spiro atoms. The van der Waals surface area contributed by atoms with Crippen LogP contribution in [0.15, 0.2) is 24.3 Å². The van der Waals surface area contributed by atoms with Crippen molar-refractivity contribution in [3.05, 3.63) is 24.3 Å². The van der Waals surface area contributed by atoms with Crippen molar-refractivity contribution in [2.45, 2.75) is 46.6 Å². The minimum atomic E-state index is -0.0407. The molecule has 2 N–H and O–H groups in total. The number of benzene rings is 1. The molecule has 1 rings (SSSR count). The molecule has 3 nitrogen and oxygen atoms in total. The van der Waals surface area contributed by atoms with Crippen LogP contribution in [0, 0.1) is 5.92 Å². The van der Waals surface area contributed by atoms with E-state index in [4.69, 9.17) is 0 Å². The third-order valence-corrected chi connectivity index (χ3v) is 2.80. The van der Waals surface area contributed by atoms with Crippen LogP contribution in [0.1, 0.15) is 40.5 Å². The number of rotatable bonds is 6. The van der Waals surface area contributed by atoms with Gasteiger partial charge in [0.1, 0.15) is 0 Å². The van der Waals surface area contributed by atoms with Gasteiger partial charge >= 0.3 is 0 Å². The number of carbonyl (C=O) groups excluding carboxylic acids is 1. The van der Waals surface area contributed by atoms with Gasteiger partial charge in [0.25, 0.3) is 0 Å². The molecule has 0 saturated heterocycles. The van der Waals surface area contributed by atoms with Crippen LogP contribution in [0.5, 0.6) is 0 Å². The van der Waals surface area contributed by atoms with E-state index in [0.29, 0.717) is 6.04 Å². The molecule has 1 atom stereocenters. The maximum atomic E-state index is 10.9. The van der Waals surface area contributed by atoms with Gasteiger partial charge in [-0.15, -0.1) is 0 Å². The summed E-state index contributed by atoms with van der Waals surface area (Å²) in [5.74, 6) is 0.706. The van der Waals surface area contributed by atoms with E-state index in [-0.39, 0.29) is 5.91 Å². The molecule has 18 heavy (non-hydrogen) atoms. The molecular weight excluding hydrogens is 224 g/mol. The molecule has 0 bridgehead atoms. The molecule has 0 saturated carbocycles. The minimum Gasteiger partial charge on any atom is -0.383 e. The zero-order valence-corrected chi connectivity index (χ0v) is 11.8. The maximum Gasteiger partial charge on any atom is 0.221 e. The Morgan fingerprint density at radius 2 is 1.61 bits per heavy atom. The lowest BCUT2D eigenvalue weighted by Crippen LogP contribution is -2.15. The van der Waals surface area contributed by atoms with E-state index in [2.05, 4.69) is 31.4 Å². The van der Waals surface area contributed by atoms with Crippen molar-refractivity contribution in [2.24, 2.45) is 5.92 Å². The number of hydrogen-bond acceptors (Lipinski definition) is 2. The Balaban J connectivity index is 2.45. The summed E-state index contributed by atoms with van der Waals surface area (Å²) in [5.41, 5.74) is 1.93. The molecule has 0 heterocycles. The predicted molar refractivity (Wildman–Crippen MR) is 77.9 cm³/mol. The molecule has 1 unspecified atom stereocenters. The van der Waals surface area contributed by atoms with Crippen molar-refractivity contribution in [3.63, 3.8) is 0 Å². The smallest absolute Gasteiger partial charge is 0.221 e. The first-order valence-corrected chi connectivity index (χ1v) is 6.61. The number of hydrogen-bond donors (Lipinski definition) is 2. The summed E-state index contributed by atoms with van der Waals surface area (Å²) in [5, 5.41) is 6.22. The fraction of sp³-hybridized carbons (Fsp3) is 0.533. The molecule has 1 aromatic carbocycles. The fourth-order valence-corrected chi connectivity index (χ4v) is 1.79. The van der Waals surface area contributed by atoms with E-state index in [9.17, 15) is 4.79 Å². The molecule has 1 aromatic rings. The summed E-state index contributed by atoms with van der Waals surface area (Å²) in [6.45, 7) is 8.20. The van der Waals surface area contributed by atoms with Crippen molar-refractivity contribution < 1.29 is 4.79 Å². The average Bonchev–Trinajstić information content (AvgIpc) is 2.28. The molecule has 0 radical (unpaired) electrons. The number of anilines is 2. The lowest BCUT2D eigenvalue weighted by molar-refractivity contribution is -0.114. The highest BCUT2D eigenvalue weighted by Gasteiger charge is 2.04. The Morgan fingerprint density at radius 3 is 2.11 bits per heavy atom. The van der Waals surface area contributed by atoms with Crippen LogP contribution in [-0.4, -0.2) is 11.9 Å². The van der Waals surface area contributed by atoms with E-state index in [0.717, 1.165) is 17.3 Å². The molecular formula is C15H24N2O. The highest BCUT2D eigenvalue weighted by molar-refractivity contribution is 5.88. The van der Waals surface area contributed by atoms with Crippen LogP contribution in [0.3, 0.4) is 0 Å². The zero-order valence-electron chi connectivity index (χ0n) is 11.8. The van der Waals surface area contributed by atoms with Crippen LogP contribution >= 0.6 is 0 Å². The Kier molecular flexibility index (Phi) is 5.69. The van der Waals surface area contributed by atoms with Gasteiger partial charge in [0.2, 0.25) is 5.91 Å². The van der Waals surface area contributed by atoms with Crippen molar-refractivity contribution in [2.75, 3.05) is 10.6 Å². The van der Waals surface area contributed by atoms with E-state index in [1.54, 1.807) is 0 Å². The largest absolute Gasteiger partial charge is 0.383 e. The van der Waals surface area contributed by atoms with E-state index in [1.165, 1.54) is 19.8 Å². The van der Waals surface area contributed by atoms with E-state index in [1.807, 2.05) is 24.3 Å². The van der Waals surface area contributed by atoms with Gasteiger partial charge in [-0.2, -0.15) is 0 Å². The Morgan fingerprint density at radius 1 is 1.06 bits per heavy atom. The first-order valence-electron chi connectivity index (χ1n) is 6.61. The number of amides is 1. The van der Waals surface area contributed by atoms with E-state index >= 15 is 0 Å². The van der Waals surface area contributed by atoms with Gasteiger partial charge in [-0.1, -0.05) is 13.8 Å². The third-order valence-electron chi connectivity index (χ3n) is 2.80. The van der Waals surface area contributed by atoms with Gasteiger partial charge in [-0.25, -0.2) is 0 Å². The van der Waals surface area contributed by atoms with Gasteiger partial charge in [0.15, 0.2) is 0 Å². The van der Waals surface area contributed by atoms with Crippen LogP contribution < -0.4 is 10.6 Å². The molecule has 100 valence electrons. The highest BCUT2D eigenvalue weighted by atomic mass is 16.1. The Bertz CT molecular complexity index is 371. The second-order valence-corrected chi connectivity index (χ2v) is 5.28. The molecule has 0 aliphatic carbocycles. The lowest BCUT2D eigenvalue weighted by atomic mass is 10.0. The van der Waals surface area contributed by atoms with Gasteiger partial charge < -0.3 is 10.6 Å². The van der Waals surface area contributed by atoms with Crippen molar-refractivity contribution in [1.82, 2.24) is 0 Å². The summed E-state index contributed by atoms with van der Waals surface area (Å²) in [6.07, 6.45) is 2.41. The van der Waals surface area contributed by atoms with Crippen molar-refractivity contribution >= 4 is 17.3 Å². The zero-order chi connectivity index (χ0) is 13.5. The summed E-state index contributed by atoms with van der Waals surface area (Å²) < 4.78 is 0. The van der Waals surface area contributed by atoms with Crippen LogP contribution in [0.4, 0.5) is 11.4 Å². The first-order chi connectivity index (χ1) is 8.47. The predicted octanol–water partition coefficient (Wildman–Crippen LogP) is 3.88. The molecule has 3 heteroatoms. The van der Waals surface area contributed by atoms with Crippen LogP contribution in [0.25, 0.3) is 0 Å². The second kappa shape index (κ2) is 7.04. The summed E-state index contributed by atoms with van der Waals surface area (Å²) >= 11 is 0. The normalized spacial score (nSPS) is 12.3. The van der Waals surface area contributed by atoms with Gasteiger partial charge in [0.05, 0.1) is 0 Å². The SMILES string of the molecule is CC(=O)Nc1ccc(NC(C)CCC(C)C)cc1. The van der Waals surface area contributed by atoms with Gasteiger partial charge in [0, 0.05) is 24.3 Å². The third kappa shape index (κ3) is 5.71. The summed E-state index contributed by atoms with van der Waals surface area (Å²) in [6, 6.07) is 8.30. The monoisotopic (exact) mass is 248 g/mol. The van der Waals surface area contributed by atoms with E-state index < -0.39 is 0 Å². The number of nitrogens with one attached hydrogen (secondary N) is 2. The average molecular weight is 248 g/mol. The molecule has 0 aromatic heterocycles. The first kappa shape index (κ1) is 14.6. The molecule has 1 amide bonds. The topological polar surface area (TPSA) is 41.1 Å². The van der Waals surface area contributed by atoms with Crippen molar-refractivity contribution in [1.29, 1.82) is 0 Å². The standard InChI is InChI=1S/C15H24N2O/c1-11(2)5-6-12(3)16-14-7-9-15(10-8-14)17-13(4)18/h7-12,16H,5-6H2,1-4H3,(H,17,18). The molecule has 0 fully saturated rings. The highest BCUT2D eigenvalue weighted by Crippen LogP contribution is 2.16. The van der Waals surface area contributed by atoms with Crippen LogP contribution in [-0.2, 0) is 4.79 Å².